The number of ether oxygens (including phenoxy) is 2. The molecule has 0 unspecified atom stereocenters. The largest absolute Gasteiger partial charge is 0.497 e. The van der Waals surface area contributed by atoms with Crippen molar-refractivity contribution in [3.05, 3.63) is 23.8 Å². The highest BCUT2D eigenvalue weighted by molar-refractivity contribution is 7.88. The van der Waals surface area contributed by atoms with E-state index < -0.39 is 16.6 Å². The molecule has 0 spiro atoms. The van der Waals surface area contributed by atoms with Crippen molar-refractivity contribution in [1.29, 1.82) is 0 Å². The molecule has 3 N–H and O–H groups in total. The van der Waals surface area contributed by atoms with Gasteiger partial charge >= 0.3 is 6.61 Å². The fourth-order valence-corrected chi connectivity index (χ4v) is 2.59. The van der Waals surface area contributed by atoms with E-state index in [2.05, 4.69) is 25.1 Å². The van der Waals surface area contributed by atoms with Crippen LogP contribution in [0.15, 0.2) is 23.2 Å². The molecule has 0 radical (unpaired) electrons. The smallest absolute Gasteiger partial charge is 0.387 e. The Labute approximate surface area is 158 Å². The van der Waals surface area contributed by atoms with E-state index in [1.807, 2.05) is 6.92 Å². The van der Waals surface area contributed by atoms with E-state index in [9.17, 15) is 17.2 Å². The molecule has 0 aliphatic heterocycles. The molecule has 0 amide bonds. The monoisotopic (exact) mass is 408 g/mol. The maximum atomic E-state index is 12.6. The summed E-state index contributed by atoms with van der Waals surface area (Å²) in [6.45, 7) is 0.428. The number of benzene rings is 1. The van der Waals surface area contributed by atoms with Crippen molar-refractivity contribution in [3.63, 3.8) is 0 Å². The van der Waals surface area contributed by atoms with Gasteiger partial charge in [0.15, 0.2) is 5.96 Å². The predicted octanol–water partition coefficient (Wildman–Crippen LogP) is 1.29. The molecule has 0 saturated heterocycles. The maximum absolute atomic E-state index is 12.6. The molecule has 0 atom stereocenters. The minimum absolute atomic E-state index is 0.0303. The second-order valence-electron chi connectivity index (χ2n) is 5.49. The van der Waals surface area contributed by atoms with Gasteiger partial charge in [-0.3, -0.25) is 0 Å². The number of nitrogens with one attached hydrogen (secondary N) is 3. The van der Waals surface area contributed by atoms with Crippen LogP contribution in [0, 0.1) is 0 Å². The second-order valence-corrected chi connectivity index (χ2v) is 7.33. The molecule has 1 aromatic rings. The van der Waals surface area contributed by atoms with E-state index in [0.29, 0.717) is 43.3 Å². The number of alkyl halides is 2. The SMILES string of the molecule is CCNC(=NCc1cc(OC)ccc1OC(F)F)NCCCNS(C)(=O)=O. The highest BCUT2D eigenvalue weighted by Gasteiger charge is 2.11. The van der Waals surface area contributed by atoms with Crippen LogP contribution in [0.25, 0.3) is 0 Å². The first-order chi connectivity index (χ1) is 12.7. The van der Waals surface area contributed by atoms with Gasteiger partial charge in [-0.25, -0.2) is 18.1 Å². The molecule has 27 heavy (non-hydrogen) atoms. The second kappa shape index (κ2) is 11.5. The lowest BCUT2D eigenvalue weighted by Gasteiger charge is -2.13. The van der Waals surface area contributed by atoms with E-state index in [-0.39, 0.29) is 12.3 Å². The lowest BCUT2D eigenvalue weighted by atomic mass is 10.2. The Kier molecular flexibility index (Phi) is 9.79. The van der Waals surface area contributed by atoms with Crippen LogP contribution < -0.4 is 24.8 Å². The van der Waals surface area contributed by atoms with E-state index in [0.717, 1.165) is 6.26 Å². The number of hydrogen-bond donors (Lipinski definition) is 3. The average molecular weight is 408 g/mol. The molecule has 0 aliphatic rings. The van der Waals surface area contributed by atoms with Crippen LogP contribution >= 0.6 is 0 Å². The Morgan fingerprint density at radius 1 is 1.26 bits per heavy atom. The van der Waals surface area contributed by atoms with Crippen molar-refractivity contribution >= 4 is 16.0 Å². The zero-order valence-corrected chi connectivity index (χ0v) is 16.4. The number of rotatable bonds is 11. The first kappa shape index (κ1) is 22.9. The van der Waals surface area contributed by atoms with Crippen LogP contribution in [0.4, 0.5) is 8.78 Å². The third kappa shape index (κ3) is 9.94. The van der Waals surface area contributed by atoms with Crippen LogP contribution in [0.3, 0.4) is 0 Å². The Bertz CT molecular complexity index is 714. The molecule has 0 aliphatic carbocycles. The van der Waals surface area contributed by atoms with Gasteiger partial charge in [-0.05, 0) is 31.5 Å². The molecule has 0 bridgehead atoms. The average Bonchev–Trinajstić information content (AvgIpc) is 2.58. The van der Waals surface area contributed by atoms with Gasteiger partial charge in [0.1, 0.15) is 11.5 Å². The van der Waals surface area contributed by atoms with Gasteiger partial charge in [-0.2, -0.15) is 8.78 Å². The molecule has 0 fully saturated rings. The Morgan fingerprint density at radius 3 is 2.59 bits per heavy atom. The van der Waals surface area contributed by atoms with Gasteiger partial charge in [0, 0.05) is 25.2 Å². The van der Waals surface area contributed by atoms with Gasteiger partial charge in [-0.15, -0.1) is 0 Å². The highest BCUT2D eigenvalue weighted by atomic mass is 32.2. The van der Waals surface area contributed by atoms with Crippen molar-refractivity contribution in [2.75, 3.05) is 33.0 Å². The van der Waals surface area contributed by atoms with E-state index in [1.54, 1.807) is 6.07 Å². The fraction of sp³-hybridized carbons (Fsp3) is 0.562. The van der Waals surface area contributed by atoms with Crippen LogP contribution in [-0.4, -0.2) is 54.0 Å². The molecular formula is C16H26F2N4O4S. The van der Waals surface area contributed by atoms with E-state index >= 15 is 0 Å². The van der Waals surface area contributed by atoms with Crippen LogP contribution in [-0.2, 0) is 16.6 Å². The summed E-state index contributed by atoms with van der Waals surface area (Å²) in [5, 5.41) is 6.08. The number of methoxy groups -OCH3 is 1. The third-order valence-electron chi connectivity index (χ3n) is 3.25. The quantitative estimate of drug-likeness (QED) is 0.290. The number of halogens is 2. The molecule has 0 aromatic heterocycles. The van der Waals surface area contributed by atoms with Gasteiger partial charge in [0.25, 0.3) is 0 Å². The standard InChI is InChI=1S/C16H26F2N4O4S/c1-4-19-16(20-8-5-9-22-27(3,23)24)21-11-12-10-13(25-2)6-7-14(12)26-15(17)18/h6-7,10,15,22H,4-5,8-9,11H2,1-3H3,(H2,19,20,21). The lowest BCUT2D eigenvalue weighted by molar-refractivity contribution is -0.0504. The van der Waals surface area contributed by atoms with Crippen molar-refractivity contribution in [2.45, 2.75) is 26.5 Å². The first-order valence-corrected chi connectivity index (χ1v) is 10.2. The maximum Gasteiger partial charge on any atom is 0.387 e. The summed E-state index contributed by atoms with van der Waals surface area (Å²) < 4.78 is 59.2. The molecule has 8 nitrogen and oxygen atoms in total. The summed E-state index contributed by atoms with van der Waals surface area (Å²) in [5.41, 5.74) is 0.450. The summed E-state index contributed by atoms with van der Waals surface area (Å²) in [5.74, 6) is 1.01. The van der Waals surface area contributed by atoms with Gasteiger partial charge in [0.05, 0.1) is 19.9 Å². The highest BCUT2D eigenvalue weighted by Crippen LogP contribution is 2.26. The summed E-state index contributed by atoms with van der Waals surface area (Å²) in [6, 6.07) is 4.52. The molecule has 0 saturated carbocycles. The van der Waals surface area contributed by atoms with Crippen molar-refractivity contribution in [3.8, 4) is 11.5 Å². The van der Waals surface area contributed by atoms with Crippen molar-refractivity contribution in [1.82, 2.24) is 15.4 Å². The molecule has 0 heterocycles. The van der Waals surface area contributed by atoms with Gasteiger partial charge < -0.3 is 20.1 Å². The fourth-order valence-electron chi connectivity index (χ4n) is 2.08. The minimum Gasteiger partial charge on any atom is -0.497 e. The van der Waals surface area contributed by atoms with Gasteiger partial charge in [-0.1, -0.05) is 0 Å². The van der Waals surface area contributed by atoms with E-state index in [4.69, 9.17) is 4.74 Å². The number of nitrogens with zero attached hydrogens (tertiary/aromatic N) is 1. The number of aliphatic imine (C=N–C) groups is 1. The summed E-state index contributed by atoms with van der Waals surface area (Å²) in [4.78, 5) is 4.35. The molecule has 1 aromatic carbocycles. The van der Waals surface area contributed by atoms with Crippen molar-refractivity contribution < 1.29 is 26.7 Å². The molecule has 11 heteroatoms. The van der Waals surface area contributed by atoms with E-state index in [1.165, 1.54) is 19.2 Å². The van der Waals surface area contributed by atoms with Crippen molar-refractivity contribution in [2.24, 2.45) is 4.99 Å². The Hall–Kier alpha value is -2.14. The zero-order chi connectivity index (χ0) is 20.3. The first-order valence-electron chi connectivity index (χ1n) is 8.33. The van der Waals surface area contributed by atoms with Crippen LogP contribution in [0.5, 0.6) is 11.5 Å². The van der Waals surface area contributed by atoms with Crippen LogP contribution in [0.2, 0.25) is 0 Å². The number of sulfonamides is 1. The molecule has 154 valence electrons. The van der Waals surface area contributed by atoms with Crippen LogP contribution in [0.1, 0.15) is 18.9 Å². The lowest BCUT2D eigenvalue weighted by Crippen LogP contribution is -2.38. The number of guanidine groups is 1. The third-order valence-corrected chi connectivity index (χ3v) is 3.97. The Morgan fingerprint density at radius 2 is 2.00 bits per heavy atom. The molecular weight excluding hydrogens is 382 g/mol. The minimum atomic E-state index is -3.21. The van der Waals surface area contributed by atoms with Gasteiger partial charge in [0.2, 0.25) is 10.0 Å². The topological polar surface area (TPSA) is 101 Å². The zero-order valence-electron chi connectivity index (χ0n) is 15.6. The summed E-state index contributed by atoms with van der Waals surface area (Å²) >= 11 is 0. The predicted molar refractivity (Wildman–Crippen MR) is 99.9 cm³/mol. The number of hydrogen-bond acceptors (Lipinski definition) is 5. The molecule has 1 rings (SSSR count). The Balaban J connectivity index is 2.73. The summed E-state index contributed by atoms with van der Waals surface area (Å²) in [6.07, 6.45) is 1.65. The normalized spacial score (nSPS) is 12.1. The summed E-state index contributed by atoms with van der Waals surface area (Å²) in [7, 11) is -1.74.